The minimum Gasteiger partial charge on any atom is -0.371 e. The number of nitrogens with zero attached hydrogens (tertiary/aromatic N) is 3. The molecule has 1 unspecified atom stereocenters. The highest BCUT2D eigenvalue weighted by molar-refractivity contribution is 6.08. The molecule has 1 saturated heterocycles. The molecule has 1 amide bonds. The lowest BCUT2D eigenvalue weighted by Crippen LogP contribution is -2.36. The number of hydrogen-bond donors (Lipinski definition) is 2. The molecule has 4 bridgehead atoms. The summed E-state index contributed by atoms with van der Waals surface area (Å²) in [5.41, 5.74) is 3.77. The highest BCUT2D eigenvalue weighted by atomic mass is 16.1. The second kappa shape index (κ2) is 10.4. The molecule has 0 aliphatic carbocycles. The van der Waals surface area contributed by atoms with Crippen LogP contribution in [-0.2, 0) is 0 Å². The first-order chi connectivity index (χ1) is 14.6. The molecule has 3 heterocycles. The zero-order valence-corrected chi connectivity index (χ0v) is 18.8. The van der Waals surface area contributed by atoms with Crippen LogP contribution in [-0.4, -0.2) is 35.5 Å². The van der Waals surface area contributed by atoms with Crippen molar-refractivity contribution in [2.24, 2.45) is 5.92 Å². The van der Waals surface area contributed by atoms with E-state index in [4.69, 9.17) is 0 Å². The molecule has 30 heavy (non-hydrogen) atoms. The zero-order chi connectivity index (χ0) is 21.5. The summed E-state index contributed by atoms with van der Waals surface area (Å²) in [6.45, 7) is 10.9. The van der Waals surface area contributed by atoms with Gasteiger partial charge >= 0.3 is 0 Å². The van der Waals surface area contributed by atoms with Crippen LogP contribution in [0.1, 0.15) is 67.6 Å². The number of carbonyl (C=O) groups excluding carboxylic acids is 1. The summed E-state index contributed by atoms with van der Waals surface area (Å²) in [6.07, 6.45) is 5.99. The van der Waals surface area contributed by atoms with Gasteiger partial charge in [-0.25, -0.2) is 4.98 Å². The lowest BCUT2D eigenvalue weighted by Gasteiger charge is -2.35. The SMILES string of the molecule is CC.Cc1ccc2c(c1)N1CCCC(CCCCNc3nc(C)cc(n3)NC2=O)C1. The Morgan fingerprint density at radius 1 is 1.03 bits per heavy atom. The first-order valence-corrected chi connectivity index (χ1v) is 11.3. The fraction of sp³-hybridized carbons (Fsp3) is 0.542. The summed E-state index contributed by atoms with van der Waals surface area (Å²) in [6, 6.07) is 7.90. The molecule has 0 saturated carbocycles. The van der Waals surface area contributed by atoms with Crippen molar-refractivity contribution < 1.29 is 4.79 Å². The van der Waals surface area contributed by atoms with Gasteiger partial charge in [-0.05, 0) is 63.1 Å². The Hall–Kier alpha value is -2.63. The lowest BCUT2D eigenvalue weighted by atomic mass is 9.91. The third kappa shape index (κ3) is 5.49. The molecule has 2 aromatic rings. The maximum absolute atomic E-state index is 13.1. The first-order valence-electron chi connectivity index (χ1n) is 11.3. The van der Waals surface area contributed by atoms with E-state index in [-0.39, 0.29) is 5.91 Å². The number of benzene rings is 1. The van der Waals surface area contributed by atoms with Gasteiger partial charge in [0.1, 0.15) is 5.82 Å². The minimum absolute atomic E-state index is 0.115. The van der Waals surface area contributed by atoms with Crippen LogP contribution in [0.2, 0.25) is 0 Å². The van der Waals surface area contributed by atoms with E-state index >= 15 is 0 Å². The van der Waals surface area contributed by atoms with Crippen molar-refractivity contribution in [1.29, 1.82) is 0 Å². The van der Waals surface area contributed by atoms with Crippen LogP contribution in [0.4, 0.5) is 17.5 Å². The van der Waals surface area contributed by atoms with Gasteiger partial charge in [0.15, 0.2) is 0 Å². The van der Waals surface area contributed by atoms with E-state index in [1.807, 2.05) is 39.0 Å². The Morgan fingerprint density at radius 2 is 1.83 bits per heavy atom. The molecule has 162 valence electrons. The van der Waals surface area contributed by atoms with Gasteiger partial charge in [-0.3, -0.25) is 4.79 Å². The molecule has 6 heteroatoms. The number of piperidine rings is 1. The van der Waals surface area contributed by atoms with Gasteiger partial charge in [0.05, 0.1) is 5.56 Å². The first kappa shape index (κ1) is 22.1. The van der Waals surface area contributed by atoms with Gasteiger partial charge in [0, 0.05) is 37.1 Å². The number of fused-ring (bicyclic) bond motifs is 6. The Kier molecular flexibility index (Phi) is 7.66. The van der Waals surface area contributed by atoms with Gasteiger partial charge < -0.3 is 15.5 Å². The van der Waals surface area contributed by atoms with Gasteiger partial charge in [-0.15, -0.1) is 0 Å². The van der Waals surface area contributed by atoms with E-state index in [2.05, 4.69) is 38.5 Å². The molecule has 2 aliphatic heterocycles. The molecule has 1 aromatic heterocycles. The van der Waals surface area contributed by atoms with Crippen LogP contribution >= 0.6 is 0 Å². The number of aromatic nitrogens is 2. The van der Waals surface area contributed by atoms with Crippen molar-refractivity contribution in [3.05, 3.63) is 41.1 Å². The summed E-state index contributed by atoms with van der Waals surface area (Å²) in [5.74, 6) is 1.70. The number of rotatable bonds is 0. The summed E-state index contributed by atoms with van der Waals surface area (Å²) < 4.78 is 0. The van der Waals surface area contributed by atoms with Crippen LogP contribution in [0.25, 0.3) is 0 Å². The van der Waals surface area contributed by atoms with E-state index in [9.17, 15) is 4.79 Å². The average molecular weight is 410 g/mol. The van der Waals surface area contributed by atoms with Crippen LogP contribution in [0.3, 0.4) is 0 Å². The Labute approximate surface area is 180 Å². The van der Waals surface area contributed by atoms with Crippen LogP contribution in [0, 0.1) is 19.8 Å². The number of aryl methyl sites for hydroxylation is 2. The minimum atomic E-state index is -0.115. The van der Waals surface area contributed by atoms with Crippen LogP contribution < -0.4 is 15.5 Å². The highest BCUT2D eigenvalue weighted by Crippen LogP contribution is 2.30. The number of hydrogen-bond acceptors (Lipinski definition) is 5. The Bertz CT molecular complexity index is 867. The number of anilines is 3. The largest absolute Gasteiger partial charge is 0.371 e. The van der Waals surface area contributed by atoms with Crippen LogP contribution in [0.5, 0.6) is 0 Å². The molecule has 1 fully saturated rings. The predicted molar refractivity (Wildman–Crippen MR) is 125 cm³/mol. The summed E-state index contributed by atoms with van der Waals surface area (Å²) in [4.78, 5) is 24.5. The van der Waals surface area contributed by atoms with Gasteiger partial charge in [0.2, 0.25) is 5.95 Å². The van der Waals surface area contributed by atoms with Crippen molar-refractivity contribution in [2.45, 2.75) is 59.8 Å². The van der Waals surface area contributed by atoms with E-state index in [0.29, 0.717) is 23.2 Å². The fourth-order valence-electron chi connectivity index (χ4n) is 4.27. The Balaban J connectivity index is 0.00000124. The van der Waals surface area contributed by atoms with E-state index in [0.717, 1.165) is 37.4 Å². The predicted octanol–water partition coefficient (Wildman–Crippen LogP) is 5.18. The average Bonchev–Trinajstić information content (AvgIpc) is 2.74. The number of amides is 1. The summed E-state index contributed by atoms with van der Waals surface area (Å²) in [7, 11) is 0. The molecule has 6 nitrogen and oxygen atoms in total. The molecule has 2 N–H and O–H groups in total. The van der Waals surface area contributed by atoms with E-state index in [1.54, 1.807) is 0 Å². The third-order valence-corrected chi connectivity index (χ3v) is 5.68. The summed E-state index contributed by atoms with van der Waals surface area (Å²) >= 11 is 0. The molecular weight excluding hydrogens is 374 g/mol. The Morgan fingerprint density at radius 3 is 2.67 bits per heavy atom. The fourth-order valence-corrected chi connectivity index (χ4v) is 4.27. The van der Waals surface area contributed by atoms with Crippen LogP contribution in [0.15, 0.2) is 24.3 Å². The van der Waals surface area contributed by atoms with Crippen molar-refractivity contribution >= 4 is 23.4 Å². The van der Waals surface area contributed by atoms with Gasteiger partial charge in [-0.1, -0.05) is 26.3 Å². The molecule has 1 atom stereocenters. The molecule has 2 aliphatic rings. The van der Waals surface area contributed by atoms with Crippen molar-refractivity contribution in [1.82, 2.24) is 9.97 Å². The zero-order valence-electron chi connectivity index (χ0n) is 18.8. The number of nitrogens with one attached hydrogen (secondary N) is 2. The second-order valence-electron chi connectivity index (χ2n) is 8.07. The second-order valence-corrected chi connectivity index (χ2v) is 8.07. The number of carbonyl (C=O) groups is 1. The quantitative estimate of drug-likeness (QED) is 0.627. The third-order valence-electron chi connectivity index (χ3n) is 5.68. The van der Waals surface area contributed by atoms with Gasteiger partial charge in [-0.2, -0.15) is 4.98 Å². The summed E-state index contributed by atoms with van der Waals surface area (Å²) in [5, 5.41) is 6.29. The molecule has 0 radical (unpaired) electrons. The molecule has 1 aromatic carbocycles. The van der Waals surface area contributed by atoms with Crippen molar-refractivity contribution in [2.75, 3.05) is 35.2 Å². The normalized spacial score (nSPS) is 19.1. The highest BCUT2D eigenvalue weighted by Gasteiger charge is 2.24. The molecule has 0 spiro atoms. The lowest BCUT2D eigenvalue weighted by molar-refractivity contribution is 0.102. The molecular formula is C24H35N5O. The van der Waals surface area contributed by atoms with E-state index in [1.165, 1.54) is 31.2 Å². The maximum atomic E-state index is 13.1. The maximum Gasteiger partial charge on any atom is 0.258 e. The smallest absolute Gasteiger partial charge is 0.258 e. The molecule has 4 rings (SSSR count). The van der Waals surface area contributed by atoms with E-state index < -0.39 is 0 Å². The van der Waals surface area contributed by atoms with Crippen molar-refractivity contribution in [3.63, 3.8) is 0 Å². The monoisotopic (exact) mass is 409 g/mol. The topological polar surface area (TPSA) is 70.2 Å². The van der Waals surface area contributed by atoms with Gasteiger partial charge in [0.25, 0.3) is 5.91 Å². The van der Waals surface area contributed by atoms with Crippen molar-refractivity contribution in [3.8, 4) is 0 Å². The standard InChI is InChI=1S/C22H29N5O.C2H6/c1-15-8-9-18-19(12-15)27-11-5-7-17(14-27)6-3-4-10-23-22-24-16(2)13-20(26-22)25-21(18)28;1-2/h8-9,12-13,17H,3-7,10-11,14H2,1-2H3,(H2,23,24,25,26,28);1-2H3.